The van der Waals surface area contributed by atoms with E-state index < -0.39 is 0 Å². The van der Waals surface area contributed by atoms with Crippen LogP contribution in [0.5, 0.6) is 5.75 Å². The second-order valence-corrected chi connectivity index (χ2v) is 4.71. The summed E-state index contributed by atoms with van der Waals surface area (Å²) in [6, 6.07) is 12.2. The van der Waals surface area contributed by atoms with Gasteiger partial charge in [-0.1, -0.05) is 35.9 Å². The maximum atomic E-state index is 12.0. The predicted molar refractivity (Wildman–Crippen MR) is 75.5 cm³/mol. The third kappa shape index (κ3) is 3.26. The van der Waals surface area contributed by atoms with Gasteiger partial charge < -0.3 is 10.4 Å². The maximum absolute atomic E-state index is 12.0. The molecule has 0 radical (unpaired) electrons. The van der Waals surface area contributed by atoms with E-state index in [0.717, 1.165) is 11.1 Å². The molecule has 0 atom stereocenters. The van der Waals surface area contributed by atoms with Crippen LogP contribution in [0.15, 0.2) is 42.5 Å². The lowest BCUT2D eigenvalue weighted by Crippen LogP contribution is -2.23. The lowest BCUT2D eigenvalue weighted by atomic mass is 10.1. The largest absolute Gasteiger partial charge is 0.507 e. The van der Waals surface area contributed by atoms with Gasteiger partial charge in [0.1, 0.15) is 5.75 Å². The first-order valence-electron chi connectivity index (χ1n) is 5.89. The lowest BCUT2D eigenvalue weighted by molar-refractivity contribution is 0.0947. The fraction of sp³-hybridized carbons (Fsp3) is 0.133. The number of carbonyl (C=O) groups is 1. The molecule has 0 spiro atoms. The van der Waals surface area contributed by atoms with Gasteiger partial charge >= 0.3 is 0 Å². The highest BCUT2D eigenvalue weighted by atomic mass is 35.5. The molecule has 0 unspecified atom stereocenters. The summed E-state index contributed by atoms with van der Waals surface area (Å²) in [4.78, 5) is 12.0. The summed E-state index contributed by atoms with van der Waals surface area (Å²) in [5, 5.41) is 13.2. The molecule has 2 N–H and O–H groups in total. The number of phenols is 1. The molecule has 0 aliphatic carbocycles. The first-order chi connectivity index (χ1) is 9.08. The zero-order valence-electron chi connectivity index (χ0n) is 10.5. The number of aromatic hydroxyl groups is 1. The Morgan fingerprint density at radius 1 is 1.21 bits per heavy atom. The van der Waals surface area contributed by atoms with E-state index in [1.165, 1.54) is 6.07 Å². The molecule has 0 saturated heterocycles. The van der Waals surface area contributed by atoms with Crippen LogP contribution in [0.2, 0.25) is 5.02 Å². The van der Waals surface area contributed by atoms with Crippen molar-refractivity contribution in [2.24, 2.45) is 0 Å². The topological polar surface area (TPSA) is 49.3 Å². The summed E-state index contributed by atoms with van der Waals surface area (Å²) >= 11 is 5.79. The molecular formula is C15H14ClNO2. The molecule has 1 amide bonds. The van der Waals surface area contributed by atoms with E-state index in [9.17, 15) is 9.90 Å². The Bertz CT molecular complexity index is 573. The summed E-state index contributed by atoms with van der Waals surface area (Å²) in [6.45, 7) is 2.18. The van der Waals surface area contributed by atoms with Gasteiger partial charge in [0.2, 0.25) is 0 Å². The van der Waals surface area contributed by atoms with Crippen molar-refractivity contribution in [2.45, 2.75) is 13.5 Å². The normalized spacial score (nSPS) is 10.2. The molecule has 0 aliphatic rings. The standard InChI is InChI=1S/C15H14ClNO2/c1-10-3-2-4-13(18)14(10)15(19)17-9-11-5-7-12(16)8-6-11/h2-8,18H,9H2,1H3,(H,17,19). The van der Waals surface area contributed by atoms with Crippen molar-refractivity contribution in [1.82, 2.24) is 5.32 Å². The Morgan fingerprint density at radius 3 is 2.53 bits per heavy atom. The minimum atomic E-state index is -0.287. The molecule has 0 fully saturated rings. The van der Waals surface area contributed by atoms with Crippen LogP contribution in [0.1, 0.15) is 21.5 Å². The van der Waals surface area contributed by atoms with Crippen LogP contribution in [-0.4, -0.2) is 11.0 Å². The Labute approximate surface area is 116 Å². The summed E-state index contributed by atoms with van der Waals surface area (Å²) in [6.07, 6.45) is 0. The molecule has 3 nitrogen and oxygen atoms in total. The van der Waals surface area contributed by atoms with Crippen LogP contribution in [-0.2, 0) is 6.54 Å². The van der Waals surface area contributed by atoms with E-state index in [2.05, 4.69) is 5.32 Å². The molecule has 0 bridgehead atoms. The Hall–Kier alpha value is -2.00. The van der Waals surface area contributed by atoms with E-state index >= 15 is 0 Å². The fourth-order valence-electron chi connectivity index (χ4n) is 1.82. The SMILES string of the molecule is Cc1cccc(O)c1C(=O)NCc1ccc(Cl)cc1. The van der Waals surface area contributed by atoms with E-state index in [4.69, 9.17) is 11.6 Å². The fourth-order valence-corrected chi connectivity index (χ4v) is 1.95. The Balaban J connectivity index is 2.07. The third-order valence-corrected chi connectivity index (χ3v) is 3.10. The monoisotopic (exact) mass is 275 g/mol. The summed E-state index contributed by atoms with van der Waals surface area (Å²) < 4.78 is 0. The number of hydrogen-bond donors (Lipinski definition) is 2. The van der Waals surface area contributed by atoms with Crippen molar-refractivity contribution in [3.05, 3.63) is 64.2 Å². The minimum absolute atomic E-state index is 0.00592. The number of benzene rings is 2. The number of amides is 1. The van der Waals surface area contributed by atoms with Crippen molar-refractivity contribution in [3.8, 4) is 5.75 Å². The second-order valence-electron chi connectivity index (χ2n) is 4.28. The van der Waals surface area contributed by atoms with E-state index in [1.807, 2.05) is 12.1 Å². The molecular weight excluding hydrogens is 262 g/mol. The van der Waals surface area contributed by atoms with Crippen LogP contribution in [0.4, 0.5) is 0 Å². The average Bonchev–Trinajstić information content (AvgIpc) is 2.38. The van der Waals surface area contributed by atoms with Crippen LogP contribution < -0.4 is 5.32 Å². The minimum Gasteiger partial charge on any atom is -0.507 e. The molecule has 0 aliphatic heterocycles. The molecule has 98 valence electrons. The van der Waals surface area contributed by atoms with Gasteiger partial charge in [0.05, 0.1) is 5.56 Å². The van der Waals surface area contributed by atoms with Crippen molar-refractivity contribution in [3.63, 3.8) is 0 Å². The lowest BCUT2D eigenvalue weighted by Gasteiger charge is -2.09. The van der Waals surface area contributed by atoms with Gasteiger partial charge in [-0.3, -0.25) is 4.79 Å². The van der Waals surface area contributed by atoms with E-state index in [1.54, 1.807) is 31.2 Å². The van der Waals surface area contributed by atoms with Crippen LogP contribution in [0.3, 0.4) is 0 Å². The Morgan fingerprint density at radius 2 is 1.89 bits per heavy atom. The molecule has 2 aromatic rings. The number of rotatable bonds is 3. The van der Waals surface area contributed by atoms with Crippen LogP contribution in [0.25, 0.3) is 0 Å². The first-order valence-corrected chi connectivity index (χ1v) is 6.27. The summed E-state index contributed by atoms with van der Waals surface area (Å²) in [5.74, 6) is -0.292. The second kappa shape index (κ2) is 5.76. The average molecular weight is 276 g/mol. The molecule has 2 rings (SSSR count). The zero-order chi connectivity index (χ0) is 13.8. The van der Waals surface area contributed by atoms with Crippen molar-refractivity contribution in [2.75, 3.05) is 0 Å². The number of aryl methyl sites for hydroxylation is 1. The number of hydrogen-bond acceptors (Lipinski definition) is 2. The molecule has 0 heterocycles. The maximum Gasteiger partial charge on any atom is 0.255 e. The highest BCUT2D eigenvalue weighted by Gasteiger charge is 2.13. The highest BCUT2D eigenvalue weighted by Crippen LogP contribution is 2.20. The first kappa shape index (κ1) is 13.4. The number of carbonyl (C=O) groups excluding carboxylic acids is 1. The van der Waals surface area contributed by atoms with Gasteiger partial charge in [0.25, 0.3) is 5.91 Å². The Kier molecular flexibility index (Phi) is 4.07. The number of phenolic OH excluding ortho intramolecular Hbond substituents is 1. The molecule has 0 saturated carbocycles. The number of nitrogens with one attached hydrogen (secondary N) is 1. The highest BCUT2D eigenvalue weighted by molar-refractivity contribution is 6.30. The molecule has 2 aromatic carbocycles. The van der Waals surface area contributed by atoms with Gasteiger partial charge in [-0.25, -0.2) is 0 Å². The van der Waals surface area contributed by atoms with Gasteiger partial charge in [0.15, 0.2) is 0 Å². The molecule has 4 heteroatoms. The van der Waals surface area contributed by atoms with Crippen LogP contribution in [0, 0.1) is 6.92 Å². The van der Waals surface area contributed by atoms with Crippen molar-refractivity contribution in [1.29, 1.82) is 0 Å². The van der Waals surface area contributed by atoms with Crippen molar-refractivity contribution >= 4 is 17.5 Å². The van der Waals surface area contributed by atoms with Gasteiger partial charge in [-0.15, -0.1) is 0 Å². The molecule has 0 aromatic heterocycles. The smallest absolute Gasteiger partial charge is 0.255 e. The van der Waals surface area contributed by atoms with Gasteiger partial charge in [-0.2, -0.15) is 0 Å². The zero-order valence-corrected chi connectivity index (χ0v) is 11.2. The van der Waals surface area contributed by atoms with E-state index in [0.29, 0.717) is 17.1 Å². The summed E-state index contributed by atoms with van der Waals surface area (Å²) in [7, 11) is 0. The van der Waals surface area contributed by atoms with Gasteiger partial charge in [0, 0.05) is 11.6 Å². The predicted octanol–water partition coefficient (Wildman–Crippen LogP) is 3.28. The number of halogens is 1. The summed E-state index contributed by atoms with van der Waals surface area (Å²) in [5.41, 5.74) is 2.01. The molecule has 19 heavy (non-hydrogen) atoms. The van der Waals surface area contributed by atoms with Crippen molar-refractivity contribution < 1.29 is 9.90 Å². The van der Waals surface area contributed by atoms with E-state index in [-0.39, 0.29) is 11.7 Å². The van der Waals surface area contributed by atoms with Gasteiger partial charge in [-0.05, 0) is 36.2 Å². The van der Waals surface area contributed by atoms with Crippen LogP contribution >= 0.6 is 11.6 Å². The third-order valence-electron chi connectivity index (χ3n) is 2.84. The quantitative estimate of drug-likeness (QED) is 0.903.